The van der Waals surface area contributed by atoms with E-state index in [0.29, 0.717) is 30.8 Å². The van der Waals surface area contributed by atoms with Gasteiger partial charge in [0.25, 0.3) is 0 Å². The van der Waals surface area contributed by atoms with Gasteiger partial charge in [0.15, 0.2) is 5.78 Å². The first kappa shape index (κ1) is 25.9. The zero-order chi connectivity index (χ0) is 22.0. The summed E-state index contributed by atoms with van der Waals surface area (Å²) in [5, 5.41) is 0. The number of hydrogen-bond acceptors (Lipinski definition) is 5. The lowest BCUT2D eigenvalue weighted by molar-refractivity contribution is -0.144. The molecular formula is C25H38O5. The van der Waals surface area contributed by atoms with E-state index in [1.807, 2.05) is 0 Å². The summed E-state index contributed by atoms with van der Waals surface area (Å²) in [5.41, 5.74) is 0.602. The molecule has 0 heterocycles. The molecule has 5 nitrogen and oxygen atoms in total. The van der Waals surface area contributed by atoms with Crippen LogP contribution in [0.2, 0.25) is 0 Å². The van der Waals surface area contributed by atoms with Crippen molar-refractivity contribution in [2.75, 3.05) is 6.61 Å². The molecule has 0 spiro atoms. The van der Waals surface area contributed by atoms with Gasteiger partial charge < -0.3 is 9.47 Å². The highest BCUT2D eigenvalue weighted by atomic mass is 16.5. The van der Waals surface area contributed by atoms with Crippen LogP contribution in [0, 0.1) is 0 Å². The Kier molecular flexibility index (Phi) is 14.3. The molecular weight excluding hydrogens is 380 g/mol. The molecule has 0 N–H and O–H groups in total. The smallest absolute Gasteiger partial charge is 0.311 e. The first-order valence-corrected chi connectivity index (χ1v) is 11.5. The number of rotatable bonds is 17. The van der Waals surface area contributed by atoms with E-state index in [-0.39, 0.29) is 17.7 Å². The lowest BCUT2D eigenvalue weighted by Crippen LogP contribution is -2.07. The number of unbranched alkanes of at least 4 members (excludes halogenated alkanes) is 9. The third kappa shape index (κ3) is 13.1. The summed E-state index contributed by atoms with van der Waals surface area (Å²) >= 11 is 0. The van der Waals surface area contributed by atoms with Gasteiger partial charge in [-0.2, -0.15) is 0 Å². The van der Waals surface area contributed by atoms with Crippen LogP contribution in [0.1, 0.15) is 108 Å². The van der Waals surface area contributed by atoms with Crippen molar-refractivity contribution in [1.82, 2.24) is 0 Å². The van der Waals surface area contributed by atoms with Gasteiger partial charge in [0.1, 0.15) is 5.75 Å². The lowest BCUT2D eigenvalue weighted by Gasteiger charge is -2.06. The van der Waals surface area contributed by atoms with E-state index in [1.165, 1.54) is 26.2 Å². The number of carbonyl (C=O) groups excluding carboxylic acids is 3. The molecule has 0 aliphatic rings. The van der Waals surface area contributed by atoms with Gasteiger partial charge in [-0.05, 0) is 50.5 Å². The number of esters is 2. The van der Waals surface area contributed by atoms with Crippen LogP contribution in [0.3, 0.4) is 0 Å². The molecule has 1 aromatic rings. The molecule has 0 aliphatic heterocycles. The van der Waals surface area contributed by atoms with Crippen molar-refractivity contribution < 1.29 is 23.9 Å². The Balaban J connectivity index is 1.94. The van der Waals surface area contributed by atoms with Crippen molar-refractivity contribution in [3.8, 4) is 5.75 Å². The molecule has 0 aromatic heterocycles. The van der Waals surface area contributed by atoms with Crippen molar-refractivity contribution in [1.29, 1.82) is 0 Å². The monoisotopic (exact) mass is 418 g/mol. The molecule has 1 aromatic carbocycles. The summed E-state index contributed by atoms with van der Waals surface area (Å²) in [6.07, 6.45) is 12.5. The zero-order valence-electron chi connectivity index (χ0n) is 18.8. The molecule has 0 fully saturated rings. The number of Topliss-reactive ketones (excluding diaryl/α,β-unsaturated/α-hetero) is 1. The van der Waals surface area contributed by atoms with Crippen molar-refractivity contribution in [2.45, 2.75) is 97.3 Å². The molecule has 0 saturated heterocycles. The van der Waals surface area contributed by atoms with Crippen LogP contribution >= 0.6 is 0 Å². The van der Waals surface area contributed by atoms with E-state index in [1.54, 1.807) is 24.3 Å². The van der Waals surface area contributed by atoms with E-state index in [4.69, 9.17) is 9.47 Å². The standard InChI is InChI=1S/C25H38O5/c1-3-4-5-10-13-20-29-24(27)14-11-8-6-7-9-12-15-25(28)30-23-18-16-22(17-19-23)21(2)26/h16-19H,3-15,20H2,1-2H3. The normalized spacial score (nSPS) is 10.6. The molecule has 0 amide bonds. The highest BCUT2D eigenvalue weighted by Gasteiger charge is 2.06. The second-order valence-corrected chi connectivity index (χ2v) is 7.81. The topological polar surface area (TPSA) is 69.7 Å². The third-order valence-electron chi connectivity index (χ3n) is 5.02. The van der Waals surface area contributed by atoms with Crippen molar-refractivity contribution in [2.24, 2.45) is 0 Å². The summed E-state index contributed by atoms with van der Waals surface area (Å²) in [6, 6.07) is 6.61. The summed E-state index contributed by atoms with van der Waals surface area (Å²) in [4.78, 5) is 34.7. The zero-order valence-corrected chi connectivity index (χ0v) is 18.8. The largest absolute Gasteiger partial charge is 0.466 e. The number of ether oxygens (including phenoxy) is 2. The van der Waals surface area contributed by atoms with Gasteiger partial charge in [0.2, 0.25) is 0 Å². The predicted octanol–water partition coefficient (Wildman–Crippen LogP) is 6.43. The quantitative estimate of drug-likeness (QED) is 0.126. The highest BCUT2D eigenvalue weighted by Crippen LogP contribution is 2.15. The summed E-state index contributed by atoms with van der Waals surface area (Å²) < 4.78 is 10.5. The predicted molar refractivity (Wildman–Crippen MR) is 119 cm³/mol. The van der Waals surface area contributed by atoms with Crippen LogP contribution in [0.5, 0.6) is 5.75 Å². The number of hydrogen-bond donors (Lipinski definition) is 0. The number of ketones is 1. The average molecular weight is 419 g/mol. The SMILES string of the molecule is CCCCCCCOC(=O)CCCCCCCCC(=O)Oc1ccc(C(C)=O)cc1. The lowest BCUT2D eigenvalue weighted by atomic mass is 10.1. The first-order valence-electron chi connectivity index (χ1n) is 11.5. The Morgan fingerprint density at radius 1 is 0.700 bits per heavy atom. The minimum atomic E-state index is -0.247. The van der Waals surface area contributed by atoms with Gasteiger partial charge in [-0.1, -0.05) is 58.3 Å². The van der Waals surface area contributed by atoms with Crippen LogP contribution in [-0.4, -0.2) is 24.3 Å². The van der Waals surface area contributed by atoms with Gasteiger partial charge in [-0.25, -0.2) is 0 Å². The highest BCUT2D eigenvalue weighted by molar-refractivity contribution is 5.94. The first-order chi connectivity index (χ1) is 14.5. The molecule has 0 aliphatic carbocycles. The fourth-order valence-electron chi connectivity index (χ4n) is 3.15. The summed E-state index contributed by atoms with van der Waals surface area (Å²) in [5.74, 6) is 0.132. The Morgan fingerprint density at radius 2 is 1.23 bits per heavy atom. The van der Waals surface area contributed by atoms with Crippen LogP contribution in [0.15, 0.2) is 24.3 Å². The van der Waals surface area contributed by atoms with Crippen molar-refractivity contribution in [3.05, 3.63) is 29.8 Å². The molecule has 168 valence electrons. The molecule has 0 atom stereocenters. The molecule has 0 unspecified atom stereocenters. The van der Waals surface area contributed by atoms with Gasteiger partial charge in [0, 0.05) is 18.4 Å². The number of carbonyl (C=O) groups is 3. The third-order valence-corrected chi connectivity index (χ3v) is 5.02. The van der Waals surface area contributed by atoms with Gasteiger partial charge in [-0.3, -0.25) is 14.4 Å². The van der Waals surface area contributed by atoms with Gasteiger partial charge >= 0.3 is 11.9 Å². The Hall–Kier alpha value is -2.17. The van der Waals surface area contributed by atoms with Crippen molar-refractivity contribution in [3.63, 3.8) is 0 Å². The molecule has 5 heteroatoms. The summed E-state index contributed by atoms with van der Waals surface area (Å²) in [7, 11) is 0. The Labute approximate surface area is 181 Å². The minimum absolute atomic E-state index is 0.0115. The maximum atomic E-state index is 11.9. The fourth-order valence-corrected chi connectivity index (χ4v) is 3.15. The maximum absolute atomic E-state index is 11.9. The van der Waals surface area contributed by atoms with E-state index in [2.05, 4.69) is 6.92 Å². The maximum Gasteiger partial charge on any atom is 0.311 e. The van der Waals surface area contributed by atoms with E-state index in [0.717, 1.165) is 51.4 Å². The Morgan fingerprint density at radius 3 is 1.83 bits per heavy atom. The van der Waals surface area contributed by atoms with Crippen LogP contribution in [0.4, 0.5) is 0 Å². The average Bonchev–Trinajstić information content (AvgIpc) is 2.73. The fraction of sp³-hybridized carbons (Fsp3) is 0.640. The molecule has 1 rings (SSSR count). The van der Waals surface area contributed by atoms with Crippen LogP contribution < -0.4 is 4.74 Å². The Bertz CT molecular complexity index is 621. The van der Waals surface area contributed by atoms with Crippen molar-refractivity contribution >= 4 is 17.7 Å². The van der Waals surface area contributed by atoms with Crippen LogP contribution in [0.25, 0.3) is 0 Å². The second-order valence-electron chi connectivity index (χ2n) is 7.81. The second kappa shape index (κ2) is 16.6. The molecule has 0 saturated carbocycles. The van der Waals surface area contributed by atoms with E-state index >= 15 is 0 Å². The number of benzene rings is 1. The summed E-state index contributed by atoms with van der Waals surface area (Å²) in [6.45, 7) is 4.25. The van der Waals surface area contributed by atoms with Gasteiger partial charge in [0.05, 0.1) is 6.61 Å². The molecule has 0 radical (unpaired) electrons. The van der Waals surface area contributed by atoms with E-state index < -0.39 is 0 Å². The van der Waals surface area contributed by atoms with Crippen LogP contribution in [-0.2, 0) is 14.3 Å². The van der Waals surface area contributed by atoms with E-state index in [9.17, 15) is 14.4 Å². The van der Waals surface area contributed by atoms with Gasteiger partial charge in [-0.15, -0.1) is 0 Å². The molecule has 0 bridgehead atoms. The minimum Gasteiger partial charge on any atom is -0.466 e. The molecule has 30 heavy (non-hydrogen) atoms.